The third-order valence-electron chi connectivity index (χ3n) is 6.33. The molecule has 37 heavy (non-hydrogen) atoms. The Morgan fingerprint density at radius 2 is 1.86 bits per heavy atom. The fraction of sp³-hybridized carbons (Fsp3) is 0.458. The van der Waals surface area contributed by atoms with Gasteiger partial charge in [0.15, 0.2) is 0 Å². The number of fused-ring (bicyclic) bond motifs is 1. The fourth-order valence-corrected chi connectivity index (χ4v) is 4.40. The standard InChI is InChI=1S/C24H31N5O8/c1-12(30)20(28-21(33)15(25)10-19(31)32)23(35)29-8-4-7-18(29)22(34)27-17(24(36)37)9-13-11-26-16-6-3-2-5-14(13)16/h2-3,5-6,11-12,15,17-18,20,26,30H,4,7-10,25H2,1H3,(H,27,34)(H,28,33)(H,31,32)(H,36,37). The Bertz CT molecular complexity index is 1180. The molecule has 0 radical (unpaired) electrons. The predicted molar refractivity (Wildman–Crippen MR) is 130 cm³/mol. The van der Waals surface area contributed by atoms with Gasteiger partial charge in [0.2, 0.25) is 17.7 Å². The van der Waals surface area contributed by atoms with E-state index < -0.39 is 66.4 Å². The van der Waals surface area contributed by atoms with Crippen molar-refractivity contribution in [2.75, 3.05) is 6.54 Å². The number of H-pyrrole nitrogens is 1. The number of nitrogens with one attached hydrogen (secondary N) is 3. The van der Waals surface area contributed by atoms with Gasteiger partial charge in [0.25, 0.3) is 0 Å². The smallest absolute Gasteiger partial charge is 0.326 e. The number of aliphatic carboxylic acids is 2. The van der Waals surface area contributed by atoms with Gasteiger partial charge in [-0.25, -0.2) is 4.79 Å². The van der Waals surface area contributed by atoms with Crippen molar-refractivity contribution < 1.29 is 39.3 Å². The normalized spacial score (nSPS) is 18.6. The molecule has 1 saturated heterocycles. The second-order valence-electron chi connectivity index (χ2n) is 9.08. The molecule has 2 heterocycles. The van der Waals surface area contributed by atoms with Crippen LogP contribution in [-0.4, -0.2) is 91.7 Å². The summed E-state index contributed by atoms with van der Waals surface area (Å²) < 4.78 is 0. The van der Waals surface area contributed by atoms with E-state index in [2.05, 4.69) is 15.6 Å². The van der Waals surface area contributed by atoms with Crippen LogP contribution >= 0.6 is 0 Å². The van der Waals surface area contributed by atoms with Crippen LogP contribution < -0.4 is 16.4 Å². The average molecular weight is 518 g/mol. The number of rotatable bonds is 11. The lowest BCUT2D eigenvalue weighted by Gasteiger charge is -2.31. The highest BCUT2D eigenvalue weighted by Gasteiger charge is 2.40. The van der Waals surface area contributed by atoms with Crippen LogP contribution in [0.1, 0.15) is 31.7 Å². The molecular formula is C24H31N5O8. The molecule has 1 fully saturated rings. The molecule has 0 saturated carbocycles. The highest BCUT2D eigenvalue weighted by Crippen LogP contribution is 2.22. The molecule has 0 bridgehead atoms. The number of likely N-dealkylation sites (tertiary alicyclic amines) is 1. The second kappa shape index (κ2) is 11.8. The minimum Gasteiger partial charge on any atom is -0.481 e. The number of aliphatic hydroxyl groups is 1. The van der Waals surface area contributed by atoms with Crippen LogP contribution in [0, 0.1) is 0 Å². The van der Waals surface area contributed by atoms with Crippen molar-refractivity contribution in [2.24, 2.45) is 5.73 Å². The fourth-order valence-electron chi connectivity index (χ4n) is 4.40. The number of carboxylic acids is 2. The molecule has 1 aliphatic rings. The van der Waals surface area contributed by atoms with Crippen LogP contribution in [0.15, 0.2) is 30.5 Å². The second-order valence-corrected chi connectivity index (χ2v) is 9.08. The van der Waals surface area contributed by atoms with Crippen LogP contribution in [0.4, 0.5) is 0 Å². The van der Waals surface area contributed by atoms with E-state index >= 15 is 0 Å². The number of benzene rings is 1. The van der Waals surface area contributed by atoms with Crippen molar-refractivity contribution in [3.8, 4) is 0 Å². The molecule has 0 spiro atoms. The number of hydrogen-bond acceptors (Lipinski definition) is 7. The van der Waals surface area contributed by atoms with Crippen LogP contribution in [0.3, 0.4) is 0 Å². The van der Waals surface area contributed by atoms with E-state index in [1.54, 1.807) is 6.20 Å². The number of nitrogens with two attached hydrogens (primary N) is 1. The lowest BCUT2D eigenvalue weighted by Crippen LogP contribution is -2.59. The first-order chi connectivity index (χ1) is 17.5. The van der Waals surface area contributed by atoms with Gasteiger partial charge in [0.05, 0.1) is 18.6 Å². The summed E-state index contributed by atoms with van der Waals surface area (Å²) in [6.45, 7) is 1.41. The van der Waals surface area contributed by atoms with Gasteiger partial charge in [-0.2, -0.15) is 0 Å². The maximum Gasteiger partial charge on any atom is 0.326 e. The third kappa shape index (κ3) is 6.62. The monoisotopic (exact) mass is 517 g/mol. The number of hydrogen-bond donors (Lipinski definition) is 7. The number of aromatic nitrogens is 1. The van der Waals surface area contributed by atoms with Gasteiger partial charge in [-0.3, -0.25) is 19.2 Å². The molecule has 8 N–H and O–H groups in total. The van der Waals surface area contributed by atoms with Crippen LogP contribution in [-0.2, 0) is 30.4 Å². The summed E-state index contributed by atoms with van der Waals surface area (Å²) in [6.07, 6.45) is 0.363. The largest absolute Gasteiger partial charge is 0.481 e. The molecule has 0 aliphatic carbocycles. The van der Waals surface area contributed by atoms with Gasteiger partial charge < -0.3 is 41.6 Å². The number of nitrogens with zero attached hydrogens (tertiary/aromatic N) is 1. The third-order valence-corrected chi connectivity index (χ3v) is 6.33. The topological polar surface area (TPSA) is 215 Å². The van der Waals surface area contributed by atoms with Crippen LogP contribution in [0.25, 0.3) is 10.9 Å². The maximum atomic E-state index is 13.2. The number of aromatic amines is 1. The summed E-state index contributed by atoms with van der Waals surface area (Å²) in [4.78, 5) is 65.6. The van der Waals surface area contributed by atoms with Crippen molar-refractivity contribution in [1.82, 2.24) is 20.5 Å². The molecule has 5 atom stereocenters. The zero-order chi connectivity index (χ0) is 27.3. The van der Waals surface area contributed by atoms with Gasteiger partial charge >= 0.3 is 11.9 Å². The quantitative estimate of drug-likeness (QED) is 0.193. The molecule has 2 aromatic rings. The molecule has 3 amide bonds. The molecule has 5 unspecified atom stereocenters. The van der Waals surface area contributed by atoms with Crippen molar-refractivity contribution in [3.05, 3.63) is 36.0 Å². The van der Waals surface area contributed by atoms with E-state index in [4.69, 9.17) is 10.8 Å². The average Bonchev–Trinajstić information content (AvgIpc) is 3.48. The lowest BCUT2D eigenvalue weighted by atomic mass is 10.0. The molecular weight excluding hydrogens is 486 g/mol. The number of amides is 3. The van der Waals surface area contributed by atoms with Gasteiger partial charge in [0.1, 0.15) is 18.1 Å². The summed E-state index contributed by atoms with van der Waals surface area (Å²) in [7, 11) is 0. The summed E-state index contributed by atoms with van der Waals surface area (Å²) >= 11 is 0. The molecule has 1 aliphatic heterocycles. The Kier molecular flexibility index (Phi) is 8.84. The summed E-state index contributed by atoms with van der Waals surface area (Å²) in [5.41, 5.74) is 7.08. The molecule has 13 heteroatoms. The van der Waals surface area contributed by atoms with E-state index in [9.17, 15) is 34.2 Å². The van der Waals surface area contributed by atoms with E-state index in [-0.39, 0.29) is 19.4 Å². The van der Waals surface area contributed by atoms with Crippen molar-refractivity contribution in [3.63, 3.8) is 0 Å². The SMILES string of the molecule is CC(O)C(NC(=O)C(N)CC(=O)O)C(=O)N1CCCC1C(=O)NC(Cc1c[nH]c2ccccc12)C(=O)O. The van der Waals surface area contributed by atoms with Crippen LogP contribution in [0.5, 0.6) is 0 Å². The molecule has 13 nitrogen and oxygen atoms in total. The highest BCUT2D eigenvalue weighted by molar-refractivity contribution is 5.95. The number of para-hydroxylation sites is 1. The number of carboxylic acid groups (broad SMARTS) is 2. The first kappa shape index (κ1) is 27.6. The van der Waals surface area contributed by atoms with E-state index in [0.29, 0.717) is 12.0 Å². The Morgan fingerprint density at radius 3 is 2.51 bits per heavy atom. The van der Waals surface area contributed by atoms with Gasteiger partial charge in [-0.05, 0) is 31.4 Å². The van der Waals surface area contributed by atoms with Gasteiger partial charge in [0, 0.05) is 30.1 Å². The van der Waals surface area contributed by atoms with Crippen LogP contribution in [0.2, 0.25) is 0 Å². The van der Waals surface area contributed by atoms with E-state index in [1.807, 2.05) is 24.3 Å². The summed E-state index contributed by atoms with van der Waals surface area (Å²) in [5, 5.41) is 34.3. The number of aliphatic hydroxyl groups excluding tert-OH is 1. The van der Waals surface area contributed by atoms with Gasteiger partial charge in [-0.1, -0.05) is 18.2 Å². The zero-order valence-corrected chi connectivity index (χ0v) is 20.2. The van der Waals surface area contributed by atoms with Crippen molar-refractivity contribution in [1.29, 1.82) is 0 Å². The Labute approximate surface area is 212 Å². The molecule has 1 aromatic heterocycles. The van der Waals surface area contributed by atoms with Gasteiger partial charge in [-0.15, -0.1) is 0 Å². The van der Waals surface area contributed by atoms with Crippen molar-refractivity contribution in [2.45, 2.75) is 62.9 Å². The van der Waals surface area contributed by atoms with Crippen molar-refractivity contribution >= 4 is 40.6 Å². The van der Waals surface area contributed by atoms with E-state index in [0.717, 1.165) is 10.9 Å². The summed E-state index contributed by atoms with van der Waals surface area (Å²) in [5.74, 6) is -4.91. The molecule has 1 aromatic carbocycles. The minimum absolute atomic E-state index is 0.0135. The number of carbonyl (C=O) groups excluding carboxylic acids is 3. The highest BCUT2D eigenvalue weighted by atomic mass is 16.4. The minimum atomic E-state index is -1.47. The molecule has 200 valence electrons. The Morgan fingerprint density at radius 1 is 1.16 bits per heavy atom. The predicted octanol–water partition coefficient (Wildman–Crippen LogP) is -1.06. The molecule has 3 rings (SSSR count). The first-order valence-corrected chi connectivity index (χ1v) is 11.8. The first-order valence-electron chi connectivity index (χ1n) is 11.8. The number of carbonyl (C=O) groups is 5. The lowest BCUT2D eigenvalue weighted by molar-refractivity contribution is -0.146. The van der Waals surface area contributed by atoms with E-state index in [1.165, 1.54) is 11.8 Å². The Balaban J connectivity index is 1.71. The zero-order valence-electron chi connectivity index (χ0n) is 20.2. The maximum absolute atomic E-state index is 13.2. The Hall–Kier alpha value is -3.97. The summed E-state index contributed by atoms with van der Waals surface area (Å²) in [6, 6.07) is 2.17.